The molecule has 2 fully saturated rings. The van der Waals surface area contributed by atoms with Gasteiger partial charge in [0.05, 0.1) is 18.7 Å². The Hall–Kier alpha value is -1.60. The number of hydrogen-bond acceptors (Lipinski definition) is 4. The zero-order chi connectivity index (χ0) is 16.4. The second-order valence-corrected chi connectivity index (χ2v) is 6.33. The maximum absolute atomic E-state index is 13.6. The van der Waals surface area contributed by atoms with E-state index in [9.17, 15) is 18.7 Å². The van der Waals surface area contributed by atoms with Gasteiger partial charge in [0.1, 0.15) is 0 Å². The van der Waals surface area contributed by atoms with E-state index in [1.54, 1.807) is 28.1 Å². The van der Waals surface area contributed by atoms with E-state index < -0.39 is 12.0 Å². The van der Waals surface area contributed by atoms with Crippen LogP contribution in [0.2, 0.25) is 0 Å². The van der Waals surface area contributed by atoms with Crippen molar-refractivity contribution in [3.63, 3.8) is 0 Å². The Bertz CT molecular complexity index is 548. The minimum Gasteiger partial charge on any atom is -0.395 e. The number of pyridine rings is 1. The molecule has 0 radical (unpaired) electrons. The Labute approximate surface area is 133 Å². The first-order valence-electron chi connectivity index (χ1n) is 7.94. The standard InChI is InChI=1S/C16H21F2N3O2/c17-16(18)8-14(10-22)21(11-16)13-3-6-20(7-4-13)15(23)12-2-1-5-19-9-12/h1-2,5,9,13-14,22H,3-4,6-8,10-11H2/t14-/m0/s1. The Morgan fingerprint density at radius 2 is 2.13 bits per heavy atom. The zero-order valence-corrected chi connectivity index (χ0v) is 12.9. The lowest BCUT2D eigenvalue weighted by atomic mass is 10.0. The number of rotatable bonds is 3. The maximum atomic E-state index is 13.6. The third-order valence-corrected chi connectivity index (χ3v) is 4.76. The van der Waals surface area contributed by atoms with E-state index in [4.69, 9.17) is 0 Å². The van der Waals surface area contributed by atoms with Gasteiger partial charge in [0.15, 0.2) is 0 Å². The summed E-state index contributed by atoms with van der Waals surface area (Å²) in [7, 11) is 0. The van der Waals surface area contributed by atoms with Crippen molar-refractivity contribution in [1.29, 1.82) is 0 Å². The largest absolute Gasteiger partial charge is 0.395 e. The van der Waals surface area contributed by atoms with E-state index in [1.807, 2.05) is 0 Å². The number of carbonyl (C=O) groups excluding carboxylic acids is 1. The summed E-state index contributed by atoms with van der Waals surface area (Å²) < 4.78 is 27.2. The third-order valence-electron chi connectivity index (χ3n) is 4.76. The first kappa shape index (κ1) is 16.3. The number of amides is 1. The summed E-state index contributed by atoms with van der Waals surface area (Å²) in [6.07, 6.45) is 4.18. The third kappa shape index (κ3) is 3.50. The Morgan fingerprint density at radius 1 is 1.39 bits per heavy atom. The van der Waals surface area contributed by atoms with Crippen LogP contribution >= 0.6 is 0 Å². The molecule has 0 bridgehead atoms. The molecule has 0 aliphatic carbocycles. The van der Waals surface area contributed by atoms with Crippen molar-refractivity contribution < 1.29 is 18.7 Å². The fourth-order valence-corrected chi connectivity index (χ4v) is 3.59. The molecule has 0 unspecified atom stereocenters. The number of carbonyl (C=O) groups is 1. The zero-order valence-electron chi connectivity index (χ0n) is 12.9. The van der Waals surface area contributed by atoms with Crippen molar-refractivity contribution in [2.24, 2.45) is 0 Å². The topological polar surface area (TPSA) is 56.7 Å². The van der Waals surface area contributed by atoms with Gasteiger partial charge in [-0.25, -0.2) is 8.78 Å². The number of aromatic nitrogens is 1. The van der Waals surface area contributed by atoms with Crippen molar-refractivity contribution in [3.05, 3.63) is 30.1 Å². The number of halogens is 2. The first-order valence-corrected chi connectivity index (χ1v) is 7.94. The highest BCUT2D eigenvalue weighted by Gasteiger charge is 2.47. The molecule has 1 atom stereocenters. The van der Waals surface area contributed by atoms with Crippen molar-refractivity contribution in [3.8, 4) is 0 Å². The SMILES string of the molecule is O=C(c1cccnc1)N1CCC(N2CC(F)(F)C[C@H]2CO)CC1. The molecule has 0 saturated carbocycles. The molecular formula is C16H21F2N3O2. The van der Waals surface area contributed by atoms with Crippen LogP contribution in [0.5, 0.6) is 0 Å². The summed E-state index contributed by atoms with van der Waals surface area (Å²) in [5, 5.41) is 9.34. The lowest BCUT2D eigenvalue weighted by molar-refractivity contribution is 0.00296. The quantitative estimate of drug-likeness (QED) is 0.912. The average molecular weight is 325 g/mol. The van der Waals surface area contributed by atoms with Crippen LogP contribution in [0.1, 0.15) is 29.6 Å². The molecule has 7 heteroatoms. The van der Waals surface area contributed by atoms with Gasteiger partial charge >= 0.3 is 0 Å². The Morgan fingerprint density at radius 3 is 2.74 bits per heavy atom. The van der Waals surface area contributed by atoms with Gasteiger partial charge in [-0.1, -0.05) is 0 Å². The number of aliphatic hydroxyl groups excluding tert-OH is 1. The number of hydrogen-bond donors (Lipinski definition) is 1. The Balaban J connectivity index is 1.59. The van der Waals surface area contributed by atoms with Crippen molar-refractivity contribution >= 4 is 5.91 Å². The van der Waals surface area contributed by atoms with Crippen LogP contribution < -0.4 is 0 Å². The normalized spacial score (nSPS) is 25.7. The highest BCUT2D eigenvalue weighted by molar-refractivity contribution is 5.93. The van der Waals surface area contributed by atoms with Gasteiger partial charge < -0.3 is 10.0 Å². The van der Waals surface area contributed by atoms with Crippen LogP contribution in [0, 0.1) is 0 Å². The van der Waals surface area contributed by atoms with Crippen molar-refractivity contribution in [1.82, 2.24) is 14.8 Å². The summed E-state index contributed by atoms with van der Waals surface area (Å²) in [4.78, 5) is 19.8. The van der Waals surface area contributed by atoms with Crippen LogP contribution in [0.15, 0.2) is 24.5 Å². The monoisotopic (exact) mass is 325 g/mol. The summed E-state index contributed by atoms with van der Waals surface area (Å²) >= 11 is 0. The summed E-state index contributed by atoms with van der Waals surface area (Å²) in [6, 6.07) is 2.97. The molecule has 3 rings (SSSR count). The molecule has 2 aliphatic heterocycles. The molecule has 5 nitrogen and oxygen atoms in total. The lowest BCUT2D eigenvalue weighted by Gasteiger charge is -2.38. The molecule has 3 heterocycles. The van der Waals surface area contributed by atoms with Gasteiger partial charge in [-0.05, 0) is 25.0 Å². The van der Waals surface area contributed by atoms with Gasteiger partial charge in [-0.3, -0.25) is 14.7 Å². The molecule has 1 amide bonds. The smallest absolute Gasteiger partial charge is 0.262 e. The average Bonchev–Trinajstić information content (AvgIpc) is 2.90. The lowest BCUT2D eigenvalue weighted by Crippen LogP contribution is -2.49. The predicted molar refractivity (Wildman–Crippen MR) is 80.3 cm³/mol. The molecule has 2 aliphatic rings. The highest BCUT2D eigenvalue weighted by atomic mass is 19.3. The summed E-state index contributed by atoms with van der Waals surface area (Å²) in [5.41, 5.74) is 0.548. The van der Waals surface area contributed by atoms with E-state index in [-0.39, 0.29) is 31.5 Å². The van der Waals surface area contributed by atoms with Gasteiger partial charge in [-0.2, -0.15) is 0 Å². The van der Waals surface area contributed by atoms with Crippen LogP contribution in [0.25, 0.3) is 0 Å². The number of nitrogens with zero attached hydrogens (tertiary/aromatic N) is 3. The van der Waals surface area contributed by atoms with Crippen molar-refractivity contribution in [2.75, 3.05) is 26.2 Å². The Kier molecular flexibility index (Phi) is 4.59. The molecule has 1 N–H and O–H groups in total. The van der Waals surface area contributed by atoms with Gasteiger partial charge in [0.2, 0.25) is 0 Å². The minimum absolute atomic E-state index is 0.00141. The van der Waals surface area contributed by atoms with Gasteiger partial charge in [0, 0.05) is 44.0 Å². The van der Waals surface area contributed by atoms with E-state index >= 15 is 0 Å². The van der Waals surface area contributed by atoms with Gasteiger partial charge in [-0.15, -0.1) is 0 Å². The maximum Gasteiger partial charge on any atom is 0.262 e. The molecule has 1 aromatic heterocycles. The molecule has 2 saturated heterocycles. The number of piperidine rings is 1. The molecule has 0 aromatic carbocycles. The van der Waals surface area contributed by atoms with E-state index in [0.717, 1.165) is 0 Å². The second kappa shape index (κ2) is 6.49. The first-order chi connectivity index (χ1) is 11.0. The van der Waals surface area contributed by atoms with E-state index in [1.165, 1.54) is 6.20 Å². The summed E-state index contributed by atoms with van der Waals surface area (Å²) in [5.74, 6) is -2.79. The number of alkyl halides is 2. The number of aliphatic hydroxyl groups is 1. The highest BCUT2D eigenvalue weighted by Crippen LogP contribution is 2.35. The fraction of sp³-hybridized carbons (Fsp3) is 0.625. The van der Waals surface area contributed by atoms with Crippen LogP contribution in [-0.4, -0.2) is 70.0 Å². The number of likely N-dealkylation sites (tertiary alicyclic amines) is 2. The van der Waals surface area contributed by atoms with Crippen molar-refractivity contribution in [2.45, 2.75) is 37.3 Å². The van der Waals surface area contributed by atoms with E-state index in [2.05, 4.69) is 4.98 Å². The van der Waals surface area contributed by atoms with Crippen LogP contribution in [0.4, 0.5) is 8.78 Å². The fourth-order valence-electron chi connectivity index (χ4n) is 3.59. The molecule has 1 aromatic rings. The van der Waals surface area contributed by atoms with E-state index in [0.29, 0.717) is 31.5 Å². The van der Waals surface area contributed by atoms with Crippen LogP contribution in [0.3, 0.4) is 0 Å². The molecule has 0 spiro atoms. The second-order valence-electron chi connectivity index (χ2n) is 6.33. The van der Waals surface area contributed by atoms with Crippen LogP contribution in [-0.2, 0) is 0 Å². The minimum atomic E-state index is -2.73. The van der Waals surface area contributed by atoms with Gasteiger partial charge in [0.25, 0.3) is 11.8 Å². The predicted octanol–water partition coefficient (Wildman–Crippen LogP) is 1.39. The molecule has 23 heavy (non-hydrogen) atoms. The molecular weight excluding hydrogens is 304 g/mol. The summed E-state index contributed by atoms with van der Waals surface area (Å²) in [6.45, 7) is 0.543. The molecule has 126 valence electrons.